The van der Waals surface area contributed by atoms with Gasteiger partial charge in [-0.3, -0.25) is 14.4 Å². The Labute approximate surface area is 134 Å². The second kappa shape index (κ2) is 6.16. The summed E-state index contributed by atoms with van der Waals surface area (Å²) in [4.78, 5) is 41.0. The van der Waals surface area contributed by atoms with E-state index in [1.54, 1.807) is 11.0 Å². The minimum atomic E-state index is -0.350. The summed E-state index contributed by atoms with van der Waals surface area (Å²) in [5.74, 6) is -0.541. The molecule has 7 heteroatoms. The third-order valence-corrected chi connectivity index (χ3v) is 4.28. The molecule has 0 aliphatic carbocycles. The van der Waals surface area contributed by atoms with Crippen molar-refractivity contribution in [2.45, 2.75) is 25.8 Å². The first-order valence-corrected chi connectivity index (χ1v) is 7.86. The zero-order chi connectivity index (χ0) is 16.6. The van der Waals surface area contributed by atoms with Crippen LogP contribution in [0.2, 0.25) is 0 Å². The number of carbonyl (C=O) groups is 2. The number of hydrogen-bond acceptors (Lipinski definition) is 4. The molecule has 23 heavy (non-hydrogen) atoms. The van der Waals surface area contributed by atoms with Gasteiger partial charge in [0.1, 0.15) is 0 Å². The number of nitrogens with one attached hydrogen (secondary N) is 2. The SMILES string of the molecule is CC(C)c1[nH]c(=O)ccc1C(=O)N1C[C@H]2COC[C@@H](C1)C(=O)N2. The fourth-order valence-corrected chi connectivity index (χ4v) is 3.10. The molecule has 2 amide bonds. The number of carbonyl (C=O) groups excluding carboxylic acids is 2. The summed E-state index contributed by atoms with van der Waals surface area (Å²) in [6, 6.07) is 2.75. The van der Waals surface area contributed by atoms with Crippen LogP contribution in [0.25, 0.3) is 0 Å². The first-order chi connectivity index (χ1) is 11.0. The predicted molar refractivity (Wildman–Crippen MR) is 83.3 cm³/mol. The van der Waals surface area contributed by atoms with Gasteiger partial charge < -0.3 is 19.9 Å². The zero-order valence-electron chi connectivity index (χ0n) is 13.3. The second-order valence-electron chi connectivity index (χ2n) is 6.45. The fourth-order valence-electron chi connectivity index (χ4n) is 3.10. The Morgan fingerprint density at radius 3 is 2.78 bits per heavy atom. The van der Waals surface area contributed by atoms with Gasteiger partial charge in [-0.1, -0.05) is 13.8 Å². The Balaban J connectivity index is 1.91. The van der Waals surface area contributed by atoms with Gasteiger partial charge in [-0.15, -0.1) is 0 Å². The normalized spacial score (nSPS) is 24.3. The minimum absolute atomic E-state index is 0.0254. The maximum Gasteiger partial charge on any atom is 0.255 e. The minimum Gasteiger partial charge on any atom is -0.378 e. The zero-order valence-corrected chi connectivity index (χ0v) is 13.3. The smallest absolute Gasteiger partial charge is 0.255 e. The van der Waals surface area contributed by atoms with E-state index in [1.165, 1.54) is 6.07 Å². The molecule has 3 heterocycles. The Hall–Kier alpha value is -2.15. The number of aromatic amines is 1. The number of nitrogens with zero attached hydrogens (tertiary/aromatic N) is 1. The molecule has 2 saturated heterocycles. The van der Waals surface area contributed by atoms with Gasteiger partial charge in [0, 0.05) is 24.8 Å². The van der Waals surface area contributed by atoms with Crippen molar-refractivity contribution in [1.29, 1.82) is 0 Å². The highest BCUT2D eigenvalue weighted by Gasteiger charge is 2.35. The summed E-state index contributed by atoms with van der Waals surface area (Å²) in [5, 5.41) is 2.91. The summed E-state index contributed by atoms with van der Waals surface area (Å²) in [6.45, 7) is 5.34. The molecule has 2 atom stereocenters. The third-order valence-electron chi connectivity index (χ3n) is 4.28. The van der Waals surface area contributed by atoms with Crippen molar-refractivity contribution in [3.05, 3.63) is 33.7 Å². The van der Waals surface area contributed by atoms with Crippen LogP contribution in [-0.4, -0.2) is 54.0 Å². The molecule has 7 nitrogen and oxygen atoms in total. The number of rotatable bonds is 2. The lowest BCUT2D eigenvalue weighted by atomic mass is 10.0. The standard InChI is InChI=1S/C16H21N3O4/c1-9(2)14-12(3-4-13(20)18-14)16(22)19-5-10-7-23-8-11(6-19)17-15(10)21/h3-4,9-11H,5-8H2,1-2H3,(H,17,21)(H,18,20)/t10-,11+/m1/s1. The average Bonchev–Trinajstić information content (AvgIpc) is 2.74. The Morgan fingerprint density at radius 1 is 1.26 bits per heavy atom. The van der Waals surface area contributed by atoms with Crippen LogP contribution in [0.1, 0.15) is 35.8 Å². The van der Waals surface area contributed by atoms with Crippen LogP contribution in [0.3, 0.4) is 0 Å². The van der Waals surface area contributed by atoms with Gasteiger partial charge in [-0.25, -0.2) is 0 Å². The highest BCUT2D eigenvalue weighted by Crippen LogP contribution is 2.20. The van der Waals surface area contributed by atoms with E-state index in [2.05, 4.69) is 10.3 Å². The number of hydrogen-bond donors (Lipinski definition) is 2. The van der Waals surface area contributed by atoms with Crippen molar-refractivity contribution >= 4 is 11.8 Å². The molecule has 2 N–H and O–H groups in total. The van der Waals surface area contributed by atoms with E-state index in [9.17, 15) is 14.4 Å². The van der Waals surface area contributed by atoms with Crippen molar-refractivity contribution in [2.75, 3.05) is 26.3 Å². The molecule has 1 aromatic heterocycles. The molecular weight excluding hydrogens is 298 g/mol. The van der Waals surface area contributed by atoms with E-state index in [0.29, 0.717) is 37.6 Å². The van der Waals surface area contributed by atoms with Gasteiger partial charge in [0.05, 0.1) is 30.7 Å². The van der Waals surface area contributed by atoms with Gasteiger partial charge in [0.15, 0.2) is 0 Å². The van der Waals surface area contributed by atoms with Gasteiger partial charge in [0.2, 0.25) is 11.5 Å². The van der Waals surface area contributed by atoms with E-state index < -0.39 is 0 Å². The lowest BCUT2D eigenvalue weighted by molar-refractivity contribution is -0.125. The van der Waals surface area contributed by atoms with Crippen molar-refractivity contribution in [3.63, 3.8) is 0 Å². The van der Waals surface area contributed by atoms with Gasteiger partial charge in [-0.05, 0) is 12.0 Å². The number of pyridine rings is 1. The molecule has 0 unspecified atom stereocenters. The summed E-state index contributed by atoms with van der Waals surface area (Å²) in [7, 11) is 0. The number of aromatic nitrogens is 1. The van der Waals surface area contributed by atoms with Gasteiger partial charge in [-0.2, -0.15) is 0 Å². The molecule has 3 rings (SSSR count). The third kappa shape index (κ3) is 3.14. The number of H-pyrrole nitrogens is 1. The maximum absolute atomic E-state index is 13.0. The van der Waals surface area contributed by atoms with Gasteiger partial charge >= 0.3 is 0 Å². The molecular formula is C16H21N3O4. The Kier molecular flexibility index (Phi) is 4.21. The predicted octanol–water partition coefficient (Wildman–Crippen LogP) is 0.0853. The Bertz CT molecular complexity index is 682. The Morgan fingerprint density at radius 2 is 2.04 bits per heavy atom. The van der Waals surface area contributed by atoms with Crippen LogP contribution in [-0.2, 0) is 9.53 Å². The fraction of sp³-hybridized carbons (Fsp3) is 0.562. The maximum atomic E-state index is 13.0. The summed E-state index contributed by atoms with van der Waals surface area (Å²) >= 11 is 0. The molecule has 124 valence electrons. The molecule has 0 aromatic carbocycles. The van der Waals surface area contributed by atoms with E-state index in [4.69, 9.17) is 4.74 Å². The van der Waals surface area contributed by atoms with Crippen molar-refractivity contribution in [3.8, 4) is 0 Å². The van der Waals surface area contributed by atoms with Crippen molar-refractivity contribution in [1.82, 2.24) is 15.2 Å². The van der Waals surface area contributed by atoms with E-state index in [1.807, 2.05) is 13.8 Å². The lowest BCUT2D eigenvalue weighted by Crippen LogP contribution is -2.44. The molecule has 0 saturated carbocycles. The highest BCUT2D eigenvalue weighted by atomic mass is 16.5. The highest BCUT2D eigenvalue weighted by molar-refractivity contribution is 5.96. The number of ether oxygens (including phenoxy) is 1. The lowest BCUT2D eigenvalue weighted by Gasteiger charge is -2.28. The van der Waals surface area contributed by atoms with E-state index >= 15 is 0 Å². The molecule has 2 aliphatic rings. The summed E-state index contributed by atoms with van der Waals surface area (Å²) in [6.07, 6.45) is 0. The van der Waals surface area contributed by atoms with E-state index in [-0.39, 0.29) is 35.3 Å². The largest absolute Gasteiger partial charge is 0.378 e. The van der Waals surface area contributed by atoms with E-state index in [0.717, 1.165) is 0 Å². The topological polar surface area (TPSA) is 91.5 Å². The summed E-state index contributed by atoms with van der Waals surface area (Å²) < 4.78 is 5.47. The molecule has 2 bridgehead atoms. The summed E-state index contributed by atoms with van der Waals surface area (Å²) in [5.41, 5.74) is 0.906. The second-order valence-corrected chi connectivity index (χ2v) is 6.45. The van der Waals surface area contributed by atoms with Crippen molar-refractivity contribution < 1.29 is 14.3 Å². The molecule has 2 fully saturated rings. The first kappa shape index (κ1) is 15.7. The quantitative estimate of drug-likeness (QED) is 0.808. The molecule has 2 aliphatic heterocycles. The molecule has 1 aromatic rings. The van der Waals surface area contributed by atoms with Crippen LogP contribution in [0.15, 0.2) is 16.9 Å². The van der Waals surface area contributed by atoms with Crippen molar-refractivity contribution in [2.24, 2.45) is 5.92 Å². The molecule has 0 radical (unpaired) electrons. The van der Waals surface area contributed by atoms with Gasteiger partial charge in [0.25, 0.3) is 5.91 Å². The number of amides is 2. The van der Waals surface area contributed by atoms with Crippen LogP contribution < -0.4 is 10.9 Å². The first-order valence-electron chi connectivity index (χ1n) is 7.86. The number of fused-ring (bicyclic) bond motifs is 3. The molecule has 0 spiro atoms. The van der Waals surface area contributed by atoms with Crippen LogP contribution in [0, 0.1) is 5.92 Å². The van der Waals surface area contributed by atoms with Crippen LogP contribution >= 0.6 is 0 Å². The van der Waals surface area contributed by atoms with Crippen LogP contribution in [0.4, 0.5) is 0 Å². The van der Waals surface area contributed by atoms with Crippen LogP contribution in [0.5, 0.6) is 0 Å². The monoisotopic (exact) mass is 319 g/mol. The average molecular weight is 319 g/mol.